The van der Waals surface area contributed by atoms with Crippen molar-refractivity contribution in [2.24, 2.45) is 0 Å². The Morgan fingerprint density at radius 1 is 1.10 bits per heavy atom. The van der Waals surface area contributed by atoms with Crippen LogP contribution in [0.4, 0.5) is 17.6 Å². The average molecular weight is 150 g/mol. The third kappa shape index (κ3) is 25.0. The summed E-state index contributed by atoms with van der Waals surface area (Å²) in [6, 6.07) is 0. The Bertz CT molecular complexity index is 92.2. The third-order valence-electron chi connectivity index (χ3n) is 0.143. The van der Waals surface area contributed by atoms with Crippen molar-refractivity contribution in [3.63, 3.8) is 0 Å². The molecule has 0 unspecified atom stereocenters. The van der Waals surface area contributed by atoms with Gasteiger partial charge >= 0.3 is 31.0 Å². The van der Waals surface area contributed by atoms with Crippen LogP contribution in [0.5, 0.6) is 0 Å². The Labute approximate surface area is 68.8 Å². The summed E-state index contributed by atoms with van der Waals surface area (Å²) in [4.78, 5) is 0. The Hall–Kier alpha value is -0.203. The summed E-state index contributed by atoms with van der Waals surface area (Å²) in [5, 5.41) is 0. The van der Waals surface area contributed by atoms with Crippen molar-refractivity contribution in [2.75, 3.05) is 0 Å². The molecule has 0 spiro atoms. The molecule has 0 nitrogen and oxygen atoms in total. The molecule has 0 aromatic heterocycles. The molecule has 0 radical (unpaired) electrons. The van der Waals surface area contributed by atoms with E-state index in [0.29, 0.717) is 0 Å². The van der Waals surface area contributed by atoms with Gasteiger partial charge in [0.05, 0.1) is 0 Å². The number of allylic oxidation sites excluding steroid dienone is 1. The van der Waals surface area contributed by atoms with Gasteiger partial charge in [-0.2, -0.15) is 17.6 Å². The van der Waals surface area contributed by atoms with E-state index >= 15 is 0 Å². The summed E-state index contributed by atoms with van der Waals surface area (Å²) in [6.45, 7) is 5.25. The van der Waals surface area contributed by atoms with Gasteiger partial charge in [-0.25, -0.2) is 0 Å². The van der Waals surface area contributed by atoms with Gasteiger partial charge in [0.2, 0.25) is 0 Å². The monoisotopic (exact) mass is 150 g/mol. The van der Waals surface area contributed by atoms with Gasteiger partial charge in [0.1, 0.15) is 0 Å². The topological polar surface area (TPSA) is 0 Å². The van der Waals surface area contributed by atoms with Gasteiger partial charge in [-0.3, -0.25) is 0 Å². The molecule has 0 N–H and O–H groups in total. The van der Waals surface area contributed by atoms with E-state index < -0.39 is 12.2 Å². The van der Waals surface area contributed by atoms with Crippen molar-refractivity contribution < 1.29 is 17.6 Å². The van der Waals surface area contributed by atoms with Crippen molar-refractivity contribution in [3.05, 3.63) is 24.8 Å². The van der Waals surface area contributed by atoms with E-state index in [0.717, 1.165) is 0 Å². The molecule has 0 aliphatic rings. The van der Waals surface area contributed by atoms with Crippen LogP contribution in [0.1, 0.15) is 6.92 Å². The van der Waals surface area contributed by atoms with Crippen molar-refractivity contribution in [3.8, 4) is 0 Å². The van der Waals surface area contributed by atoms with E-state index in [4.69, 9.17) is 0 Å². The number of hydrogen-bond acceptors (Lipinski definition) is 0. The van der Waals surface area contributed by atoms with Crippen LogP contribution in [0, 0.1) is 0 Å². The zero-order chi connectivity index (χ0) is 7.86. The second kappa shape index (κ2) is 11.6. The maximum absolute atomic E-state index is 10.3. The number of hydrogen-bond donors (Lipinski definition) is 0. The van der Waals surface area contributed by atoms with Gasteiger partial charge in [-0.05, 0) is 6.92 Å². The first-order valence-corrected chi connectivity index (χ1v) is 1.99. The molecule has 0 rings (SSSR count). The minimum atomic E-state index is -2.91. The molecule has 0 atom stereocenters. The number of rotatable bonds is 0. The quantitative estimate of drug-likeness (QED) is 0.282. The maximum atomic E-state index is 10.3. The van der Waals surface area contributed by atoms with E-state index in [2.05, 4.69) is 6.58 Å². The zero-order valence-corrected chi connectivity index (χ0v) is 4.80. The third-order valence-corrected chi connectivity index (χ3v) is 0.143. The molecule has 5 heteroatoms. The van der Waals surface area contributed by atoms with Gasteiger partial charge in [-0.1, -0.05) is 6.08 Å². The average Bonchev–Trinajstić information content (AvgIpc) is 1.68. The van der Waals surface area contributed by atoms with E-state index in [1.807, 2.05) is 6.92 Å². The van der Waals surface area contributed by atoms with Crippen LogP contribution in [0.25, 0.3) is 0 Å². The molecule has 0 aromatic rings. The first-order chi connectivity index (χ1) is 4.06. The Kier molecular flexibility index (Phi) is 19.0. The Morgan fingerprint density at radius 2 is 1.20 bits per heavy atom. The van der Waals surface area contributed by atoms with Crippen LogP contribution in [-0.4, -0.2) is 18.9 Å². The molecule has 10 heavy (non-hydrogen) atoms. The normalized spacial score (nSPS) is 6.10. The van der Waals surface area contributed by atoms with Crippen molar-refractivity contribution in [2.45, 2.75) is 6.92 Å². The first-order valence-electron chi connectivity index (χ1n) is 1.99. The molecule has 0 bridgehead atoms. The fourth-order valence-electron chi connectivity index (χ4n) is 0. The van der Waals surface area contributed by atoms with E-state index in [9.17, 15) is 17.6 Å². The van der Waals surface area contributed by atoms with Crippen molar-refractivity contribution in [1.29, 1.82) is 0 Å². The van der Waals surface area contributed by atoms with Crippen molar-refractivity contribution in [1.82, 2.24) is 0 Å². The molecule has 0 fully saturated rings. The van der Waals surface area contributed by atoms with E-state index in [-0.39, 0.29) is 18.9 Å². The molecular weight excluding hydrogens is 143 g/mol. The summed E-state index contributed by atoms with van der Waals surface area (Å²) in [5.74, 6) is 0. The van der Waals surface area contributed by atoms with Crippen LogP contribution in [0.15, 0.2) is 24.8 Å². The SMILES string of the molecule is C=CC.FC(F)=C(F)F.[LiH]. The van der Waals surface area contributed by atoms with Crippen LogP contribution in [0.3, 0.4) is 0 Å². The Balaban J connectivity index is -0.000000107. The minimum absolute atomic E-state index is 0. The van der Waals surface area contributed by atoms with E-state index in [1.54, 1.807) is 6.08 Å². The summed E-state index contributed by atoms with van der Waals surface area (Å²) in [5.41, 5.74) is 0. The molecule has 0 heterocycles. The standard InChI is InChI=1S/C3H6.C2F4.Li.H/c1-3-2;3-1(4)2(5)6;;/h3H,1H2,2H3;;;. The van der Waals surface area contributed by atoms with Crippen LogP contribution in [-0.2, 0) is 0 Å². The van der Waals surface area contributed by atoms with Crippen molar-refractivity contribution >= 4 is 18.9 Å². The fraction of sp³-hybridized carbons (Fsp3) is 0.200. The van der Waals surface area contributed by atoms with Gasteiger partial charge < -0.3 is 0 Å². The molecule has 0 aliphatic heterocycles. The summed E-state index contributed by atoms with van der Waals surface area (Å²) in [6.07, 6.45) is -4.06. The summed E-state index contributed by atoms with van der Waals surface area (Å²) in [7, 11) is 0. The second-order valence-corrected chi connectivity index (χ2v) is 0.929. The van der Waals surface area contributed by atoms with Crippen LogP contribution < -0.4 is 0 Å². The second-order valence-electron chi connectivity index (χ2n) is 0.929. The molecular formula is C5H7F4Li. The summed E-state index contributed by atoms with van der Waals surface area (Å²) >= 11 is 0. The number of halogens is 4. The predicted molar refractivity (Wildman–Crippen MR) is 34.5 cm³/mol. The molecule has 0 amide bonds. The molecule has 0 saturated carbocycles. The van der Waals surface area contributed by atoms with Gasteiger partial charge in [0.25, 0.3) is 0 Å². The molecule has 0 aromatic carbocycles. The molecule has 56 valence electrons. The predicted octanol–water partition coefficient (Wildman–Crippen LogP) is 2.53. The Morgan fingerprint density at radius 3 is 1.20 bits per heavy atom. The van der Waals surface area contributed by atoms with Gasteiger partial charge in [0.15, 0.2) is 0 Å². The van der Waals surface area contributed by atoms with Crippen LogP contribution in [0.2, 0.25) is 0 Å². The van der Waals surface area contributed by atoms with E-state index in [1.165, 1.54) is 0 Å². The van der Waals surface area contributed by atoms with Gasteiger partial charge in [0, 0.05) is 0 Å². The first kappa shape index (κ1) is 16.4. The van der Waals surface area contributed by atoms with Gasteiger partial charge in [-0.15, -0.1) is 6.58 Å². The fourth-order valence-corrected chi connectivity index (χ4v) is 0. The molecule has 0 saturated heterocycles. The van der Waals surface area contributed by atoms with Crippen LogP contribution >= 0.6 is 0 Å². The summed E-state index contributed by atoms with van der Waals surface area (Å²) < 4.78 is 41.1. The zero-order valence-electron chi connectivity index (χ0n) is 4.80. The molecule has 0 aliphatic carbocycles.